The Labute approximate surface area is 190 Å². The van der Waals surface area contributed by atoms with E-state index in [1.807, 2.05) is 19.9 Å². The van der Waals surface area contributed by atoms with Gasteiger partial charge in [0.2, 0.25) is 0 Å². The lowest BCUT2D eigenvalue weighted by Crippen LogP contribution is -2.19. The summed E-state index contributed by atoms with van der Waals surface area (Å²) >= 11 is 0. The Balaban J connectivity index is 1.57. The van der Waals surface area contributed by atoms with Crippen molar-refractivity contribution < 1.29 is 13.3 Å². The summed E-state index contributed by atoms with van der Waals surface area (Å²) < 4.78 is 33.1. The third-order valence-corrected chi connectivity index (χ3v) is 5.24. The monoisotopic (exact) mass is 447 g/mol. The predicted octanol–water partition coefficient (Wildman–Crippen LogP) is 5.15. The number of aliphatic imine (C=N–C) groups is 1. The second-order valence-corrected chi connectivity index (χ2v) is 7.93. The van der Waals surface area contributed by atoms with Gasteiger partial charge in [0.25, 0.3) is 0 Å². The number of nitrogens with zero attached hydrogens (tertiary/aromatic N) is 4. The van der Waals surface area contributed by atoms with E-state index in [0.717, 1.165) is 28.5 Å². The number of hydrogen-bond donors (Lipinski definition) is 1. The van der Waals surface area contributed by atoms with Crippen molar-refractivity contribution in [1.29, 1.82) is 0 Å². The Morgan fingerprint density at radius 3 is 2.61 bits per heavy atom. The molecule has 0 fully saturated rings. The van der Waals surface area contributed by atoms with Gasteiger partial charge in [0.05, 0.1) is 23.7 Å². The van der Waals surface area contributed by atoms with Gasteiger partial charge in [-0.2, -0.15) is 5.10 Å². The SMILES string of the molecule is C=C1C=NN(Cc2cc(-c3c(C)cc(C)cc3C)no2)C=C1N=C(N)c1cccc(F)c1F. The van der Waals surface area contributed by atoms with E-state index in [2.05, 4.69) is 40.9 Å². The van der Waals surface area contributed by atoms with Crippen LogP contribution in [-0.4, -0.2) is 22.2 Å². The summed E-state index contributed by atoms with van der Waals surface area (Å²) in [5.41, 5.74) is 11.9. The maximum atomic E-state index is 14.1. The molecule has 0 atom stereocenters. The number of aryl methyl sites for hydroxylation is 3. The van der Waals surface area contributed by atoms with Crippen LogP contribution in [-0.2, 0) is 6.54 Å². The first-order valence-corrected chi connectivity index (χ1v) is 10.3. The summed E-state index contributed by atoms with van der Waals surface area (Å²) in [7, 11) is 0. The lowest BCUT2D eigenvalue weighted by Gasteiger charge is -2.18. The number of amidine groups is 1. The number of hydrogen-bond acceptors (Lipinski definition) is 5. The minimum absolute atomic E-state index is 0.124. The van der Waals surface area contributed by atoms with Crippen molar-refractivity contribution in [2.75, 3.05) is 0 Å². The topological polar surface area (TPSA) is 80.0 Å². The van der Waals surface area contributed by atoms with E-state index in [1.165, 1.54) is 23.9 Å². The Kier molecular flexibility index (Phi) is 5.91. The zero-order valence-corrected chi connectivity index (χ0v) is 18.6. The maximum Gasteiger partial charge on any atom is 0.169 e. The summed E-state index contributed by atoms with van der Waals surface area (Å²) in [6.45, 7) is 10.3. The fraction of sp³-hybridized carbons (Fsp3) is 0.160. The first-order chi connectivity index (χ1) is 15.7. The minimum Gasteiger partial charge on any atom is -0.383 e. The smallest absolute Gasteiger partial charge is 0.169 e. The van der Waals surface area contributed by atoms with Crippen LogP contribution in [0, 0.1) is 32.4 Å². The van der Waals surface area contributed by atoms with Gasteiger partial charge in [-0.1, -0.05) is 35.5 Å². The van der Waals surface area contributed by atoms with Gasteiger partial charge in [0.15, 0.2) is 17.4 Å². The molecule has 4 rings (SSSR count). The predicted molar refractivity (Wildman–Crippen MR) is 124 cm³/mol. The Bertz CT molecular complexity index is 1310. The molecule has 8 heteroatoms. The number of halogens is 2. The summed E-state index contributed by atoms with van der Waals surface area (Å²) in [4.78, 5) is 4.24. The first-order valence-electron chi connectivity index (χ1n) is 10.3. The molecule has 0 unspecified atom stereocenters. The molecule has 1 aliphatic heterocycles. The van der Waals surface area contributed by atoms with Crippen LogP contribution in [0.5, 0.6) is 0 Å². The van der Waals surface area contributed by atoms with Crippen LogP contribution in [0.1, 0.15) is 28.0 Å². The van der Waals surface area contributed by atoms with Crippen LogP contribution < -0.4 is 5.73 Å². The number of hydrazone groups is 1. The molecule has 0 bridgehead atoms. The molecule has 0 spiro atoms. The van der Waals surface area contributed by atoms with Gasteiger partial charge in [0.1, 0.15) is 18.1 Å². The van der Waals surface area contributed by atoms with Crippen molar-refractivity contribution in [2.24, 2.45) is 15.8 Å². The van der Waals surface area contributed by atoms with Crippen LogP contribution in [0.3, 0.4) is 0 Å². The second kappa shape index (κ2) is 8.82. The van der Waals surface area contributed by atoms with E-state index < -0.39 is 11.6 Å². The molecule has 1 aromatic heterocycles. The molecule has 6 nitrogen and oxygen atoms in total. The van der Waals surface area contributed by atoms with Crippen molar-refractivity contribution in [3.8, 4) is 11.3 Å². The number of allylic oxidation sites excluding steroid dienone is 1. The molecule has 0 aliphatic carbocycles. The molecular formula is C25H23F2N5O. The highest BCUT2D eigenvalue weighted by molar-refractivity contribution is 5.99. The fourth-order valence-corrected chi connectivity index (χ4v) is 3.80. The van der Waals surface area contributed by atoms with Gasteiger partial charge in [-0.25, -0.2) is 13.8 Å². The lowest BCUT2D eigenvalue weighted by molar-refractivity contribution is 0.305. The summed E-state index contributed by atoms with van der Waals surface area (Å²) in [6, 6.07) is 9.83. The number of aromatic nitrogens is 1. The minimum atomic E-state index is -1.05. The number of nitrogens with two attached hydrogens (primary N) is 1. The molecule has 2 heterocycles. The van der Waals surface area contributed by atoms with Crippen molar-refractivity contribution in [2.45, 2.75) is 27.3 Å². The highest BCUT2D eigenvalue weighted by Crippen LogP contribution is 2.29. The van der Waals surface area contributed by atoms with E-state index in [4.69, 9.17) is 10.3 Å². The van der Waals surface area contributed by atoms with Gasteiger partial charge in [-0.05, 0) is 44.0 Å². The first kappa shape index (κ1) is 22.1. The van der Waals surface area contributed by atoms with Crippen molar-refractivity contribution in [1.82, 2.24) is 10.2 Å². The van der Waals surface area contributed by atoms with E-state index >= 15 is 0 Å². The highest BCUT2D eigenvalue weighted by Gasteiger charge is 2.17. The van der Waals surface area contributed by atoms with Gasteiger partial charge < -0.3 is 10.3 Å². The standard InChI is InChI=1S/C25H23F2N5O/c1-14-8-15(2)23(16(3)9-14)21-10-18(33-31-21)12-32-13-22(17(4)11-29-32)30-25(28)19-6-5-7-20(26)24(19)27/h5-11,13H,4,12H2,1-3H3,(H2,28,30). The molecular weight excluding hydrogens is 424 g/mol. The fourth-order valence-electron chi connectivity index (χ4n) is 3.80. The van der Waals surface area contributed by atoms with Crippen LogP contribution in [0.4, 0.5) is 8.78 Å². The van der Waals surface area contributed by atoms with E-state index in [9.17, 15) is 8.78 Å². The molecule has 2 N–H and O–H groups in total. The maximum absolute atomic E-state index is 14.1. The highest BCUT2D eigenvalue weighted by atomic mass is 19.2. The number of rotatable bonds is 5. The normalized spacial score (nSPS) is 14.1. The van der Waals surface area contributed by atoms with E-state index in [-0.39, 0.29) is 17.9 Å². The third kappa shape index (κ3) is 4.59. The van der Waals surface area contributed by atoms with Gasteiger partial charge in [-0.3, -0.25) is 5.01 Å². The molecule has 1 aliphatic rings. The lowest BCUT2D eigenvalue weighted by atomic mass is 9.97. The van der Waals surface area contributed by atoms with Gasteiger partial charge in [0, 0.05) is 17.2 Å². The summed E-state index contributed by atoms with van der Waals surface area (Å²) in [6.07, 6.45) is 3.12. The van der Waals surface area contributed by atoms with Crippen LogP contribution in [0.2, 0.25) is 0 Å². The molecule has 2 aromatic carbocycles. The van der Waals surface area contributed by atoms with Crippen molar-refractivity contribution in [3.63, 3.8) is 0 Å². The molecule has 0 saturated heterocycles. The molecule has 0 radical (unpaired) electrons. The van der Waals surface area contributed by atoms with Gasteiger partial charge >= 0.3 is 0 Å². The Hall–Kier alpha value is -4.07. The molecule has 0 amide bonds. The molecule has 0 saturated carbocycles. The van der Waals surface area contributed by atoms with Crippen molar-refractivity contribution >= 4 is 12.1 Å². The zero-order valence-electron chi connectivity index (χ0n) is 18.6. The summed E-state index contributed by atoms with van der Waals surface area (Å²) in [5, 5.41) is 10.1. The van der Waals surface area contributed by atoms with E-state index in [1.54, 1.807) is 11.2 Å². The Morgan fingerprint density at radius 2 is 1.88 bits per heavy atom. The second-order valence-electron chi connectivity index (χ2n) is 7.93. The average Bonchev–Trinajstić information content (AvgIpc) is 3.19. The Morgan fingerprint density at radius 1 is 1.15 bits per heavy atom. The van der Waals surface area contributed by atoms with Crippen LogP contribution in [0.25, 0.3) is 11.3 Å². The molecule has 168 valence electrons. The van der Waals surface area contributed by atoms with Crippen LogP contribution in [0.15, 0.2) is 75.1 Å². The average molecular weight is 447 g/mol. The quantitative estimate of drug-likeness (QED) is 0.433. The number of benzene rings is 2. The van der Waals surface area contributed by atoms with Crippen molar-refractivity contribution in [3.05, 3.63) is 100 Å². The van der Waals surface area contributed by atoms with E-state index in [0.29, 0.717) is 17.0 Å². The molecule has 3 aromatic rings. The largest absolute Gasteiger partial charge is 0.383 e. The van der Waals surface area contributed by atoms with Crippen LogP contribution >= 0.6 is 0 Å². The molecule has 33 heavy (non-hydrogen) atoms. The summed E-state index contributed by atoms with van der Waals surface area (Å²) in [5.74, 6) is -1.62. The third-order valence-electron chi connectivity index (χ3n) is 5.24. The van der Waals surface area contributed by atoms with Gasteiger partial charge in [-0.15, -0.1) is 0 Å². The zero-order chi connectivity index (χ0) is 23.7.